The Morgan fingerprint density at radius 1 is 1.32 bits per heavy atom. The summed E-state index contributed by atoms with van der Waals surface area (Å²) >= 11 is 0. The summed E-state index contributed by atoms with van der Waals surface area (Å²) in [5, 5.41) is 10.2. The van der Waals surface area contributed by atoms with E-state index < -0.39 is 0 Å². The van der Waals surface area contributed by atoms with E-state index in [1.54, 1.807) is 0 Å². The normalized spacial score (nSPS) is 34.2. The van der Waals surface area contributed by atoms with Gasteiger partial charge in [-0.05, 0) is 46.1 Å². The molecule has 2 fully saturated rings. The Labute approximate surface area is 116 Å². The van der Waals surface area contributed by atoms with E-state index in [1.807, 2.05) is 13.8 Å². The highest BCUT2D eigenvalue weighted by Gasteiger charge is 2.40. The van der Waals surface area contributed by atoms with Crippen LogP contribution in [-0.2, 0) is 9.53 Å². The van der Waals surface area contributed by atoms with Gasteiger partial charge in [-0.3, -0.25) is 9.69 Å². The van der Waals surface area contributed by atoms with E-state index in [0.29, 0.717) is 18.6 Å². The number of carbonyl (C=O) groups is 1. The van der Waals surface area contributed by atoms with Gasteiger partial charge in [0.05, 0.1) is 12.7 Å². The molecule has 0 spiro atoms. The van der Waals surface area contributed by atoms with Crippen molar-refractivity contribution in [2.75, 3.05) is 13.2 Å². The lowest BCUT2D eigenvalue weighted by atomic mass is 9.80. The third-order valence-electron chi connectivity index (χ3n) is 4.74. The van der Waals surface area contributed by atoms with Crippen molar-refractivity contribution in [2.45, 2.75) is 70.6 Å². The predicted molar refractivity (Wildman–Crippen MR) is 73.8 cm³/mol. The van der Waals surface area contributed by atoms with Crippen molar-refractivity contribution in [1.29, 1.82) is 0 Å². The summed E-state index contributed by atoms with van der Waals surface area (Å²) in [7, 11) is 0. The zero-order valence-corrected chi connectivity index (χ0v) is 12.2. The summed E-state index contributed by atoms with van der Waals surface area (Å²) in [5.74, 6) is 0.216. The predicted octanol–water partition coefficient (Wildman–Crippen LogP) is 1.95. The molecule has 0 amide bonds. The number of ether oxygens (including phenoxy) is 1. The number of nitrogens with zero attached hydrogens (tertiary/aromatic N) is 1. The summed E-state index contributed by atoms with van der Waals surface area (Å²) < 4.78 is 5.14. The van der Waals surface area contributed by atoms with E-state index in [1.165, 1.54) is 6.42 Å². The summed E-state index contributed by atoms with van der Waals surface area (Å²) in [5.41, 5.74) is 0. The standard InChI is InChI=1S/C15H27NO3/c1-3-19-15(18)11(2)16-10-6-8-13(16)12-7-4-5-9-14(12)17/h11-14,17H,3-10H2,1-2H3. The molecule has 110 valence electrons. The Kier molecular flexibility index (Phi) is 5.22. The first kappa shape index (κ1) is 14.8. The molecule has 1 saturated carbocycles. The molecule has 1 saturated heterocycles. The van der Waals surface area contributed by atoms with Crippen LogP contribution in [0.15, 0.2) is 0 Å². The fraction of sp³-hybridized carbons (Fsp3) is 0.933. The minimum Gasteiger partial charge on any atom is -0.465 e. The summed E-state index contributed by atoms with van der Waals surface area (Å²) in [4.78, 5) is 14.2. The molecule has 2 aliphatic rings. The Morgan fingerprint density at radius 2 is 2.05 bits per heavy atom. The molecular formula is C15H27NO3. The number of carbonyl (C=O) groups excluding carboxylic acids is 1. The van der Waals surface area contributed by atoms with Crippen molar-refractivity contribution in [2.24, 2.45) is 5.92 Å². The highest BCUT2D eigenvalue weighted by Crippen LogP contribution is 2.35. The van der Waals surface area contributed by atoms with Crippen molar-refractivity contribution >= 4 is 5.97 Å². The summed E-state index contributed by atoms with van der Waals surface area (Å²) in [6, 6.07) is 0.177. The highest BCUT2D eigenvalue weighted by atomic mass is 16.5. The largest absolute Gasteiger partial charge is 0.465 e. The van der Waals surface area contributed by atoms with Gasteiger partial charge < -0.3 is 9.84 Å². The van der Waals surface area contributed by atoms with Crippen molar-refractivity contribution in [1.82, 2.24) is 4.90 Å². The van der Waals surface area contributed by atoms with Crippen molar-refractivity contribution in [3.63, 3.8) is 0 Å². The van der Waals surface area contributed by atoms with Crippen LogP contribution in [0, 0.1) is 5.92 Å². The smallest absolute Gasteiger partial charge is 0.323 e. The second-order valence-electron chi connectivity index (χ2n) is 5.89. The Bertz CT molecular complexity index is 308. The van der Waals surface area contributed by atoms with Gasteiger partial charge in [0.2, 0.25) is 0 Å². The van der Waals surface area contributed by atoms with E-state index in [9.17, 15) is 9.90 Å². The van der Waals surface area contributed by atoms with Gasteiger partial charge in [0.1, 0.15) is 6.04 Å². The topological polar surface area (TPSA) is 49.8 Å². The van der Waals surface area contributed by atoms with E-state index in [4.69, 9.17) is 4.74 Å². The van der Waals surface area contributed by atoms with Crippen LogP contribution in [0.2, 0.25) is 0 Å². The van der Waals surface area contributed by atoms with E-state index in [0.717, 1.165) is 38.6 Å². The molecule has 4 nitrogen and oxygen atoms in total. The number of hydrogen-bond acceptors (Lipinski definition) is 4. The number of aliphatic hydroxyl groups is 1. The SMILES string of the molecule is CCOC(=O)C(C)N1CCCC1C1CCCCC1O. The fourth-order valence-corrected chi connectivity index (χ4v) is 3.74. The molecule has 4 unspecified atom stereocenters. The second kappa shape index (κ2) is 6.71. The third-order valence-corrected chi connectivity index (χ3v) is 4.74. The molecule has 0 aromatic carbocycles. The van der Waals surface area contributed by atoms with Gasteiger partial charge in [0, 0.05) is 12.0 Å². The molecule has 0 bridgehead atoms. The maximum absolute atomic E-state index is 11.9. The highest BCUT2D eigenvalue weighted by molar-refractivity contribution is 5.75. The quantitative estimate of drug-likeness (QED) is 0.793. The molecule has 4 atom stereocenters. The number of hydrogen-bond donors (Lipinski definition) is 1. The molecule has 0 aromatic rings. The number of esters is 1. The van der Waals surface area contributed by atoms with E-state index in [-0.39, 0.29) is 18.1 Å². The van der Waals surface area contributed by atoms with Gasteiger partial charge in [-0.15, -0.1) is 0 Å². The Balaban J connectivity index is 2.01. The fourth-order valence-electron chi connectivity index (χ4n) is 3.74. The van der Waals surface area contributed by atoms with E-state index >= 15 is 0 Å². The first-order chi connectivity index (χ1) is 9.15. The van der Waals surface area contributed by atoms with Crippen LogP contribution in [0.5, 0.6) is 0 Å². The molecule has 1 aliphatic heterocycles. The lowest BCUT2D eigenvalue weighted by Crippen LogP contribution is -2.49. The monoisotopic (exact) mass is 269 g/mol. The molecule has 4 heteroatoms. The van der Waals surface area contributed by atoms with Crippen LogP contribution in [0.4, 0.5) is 0 Å². The average Bonchev–Trinajstić information content (AvgIpc) is 2.87. The minimum absolute atomic E-state index is 0.125. The van der Waals surface area contributed by atoms with Gasteiger partial charge >= 0.3 is 5.97 Å². The van der Waals surface area contributed by atoms with Crippen LogP contribution in [0.25, 0.3) is 0 Å². The Hall–Kier alpha value is -0.610. The molecule has 0 aromatic heterocycles. The average molecular weight is 269 g/mol. The van der Waals surface area contributed by atoms with E-state index in [2.05, 4.69) is 4.90 Å². The lowest BCUT2D eigenvalue weighted by molar-refractivity contribution is -0.150. The number of likely N-dealkylation sites (tertiary alicyclic amines) is 1. The molecule has 0 radical (unpaired) electrons. The van der Waals surface area contributed by atoms with Gasteiger partial charge in [0.25, 0.3) is 0 Å². The molecule has 1 heterocycles. The molecular weight excluding hydrogens is 242 g/mol. The van der Waals surface area contributed by atoms with Crippen LogP contribution >= 0.6 is 0 Å². The molecule has 1 N–H and O–H groups in total. The number of rotatable bonds is 4. The van der Waals surface area contributed by atoms with Gasteiger partial charge in [-0.25, -0.2) is 0 Å². The van der Waals surface area contributed by atoms with Crippen LogP contribution in [0.1, 0.15) is 52.4 Å². The molecule has 2 rings (SSSR count). The molecule has 1 aliphatic carbocycles. The Morgan fingerprint density at radius 3 is 2.74 bits per heavy atom. The van der Waals surface area contributed by atoms with Crippen molar-refractivity contribution in [3.05, 3.63) is 0 Å². The zero-order valence-electron chi connectivity index (χ0n) is 12.2. The van der Waals surface area contributed by atoms with Gasteiger partial charge in [0.15, 0.2) is 0 Å². The second-order valence-corrected chi connectivity index (χ2v) is 5.89. The first-order valence-electron chi connectivity index (χ1n) is 7.75. The maximum Gasteiger partial charge on any atom is 0.323 e. The molecule has 19 heavy (non-hydrogen) atoms. The zero-order chi connectivity index (χ0) is 13.8. The third kappa shape index (κ3) is 3.29. The summed E-state index contributed by atoms with van der Waals surface area (Å²) in [6.07, 6.45) is 6.40. The maximum atomic E-state index is 11.9. The summed E-state index contributed by atoms with van der Waals surface area (Å²) in [6.45, 7) is 5.17. The lowest BCUT2D eigenvalue weighted by Gasteiger charge is -2.39. The first-order valence-corrected chi connectivity index (χ1v) is 7.75. The van der Waals surface area contributed by atoms with Crippen LogP contribution in [0.3, 0.4) is 0 Å². The van der Waals surface area contributed by atoms with Gasteiger partial charge in [-0.1, -0.05) is 12.8 Å². The van der Waals surface area contributed by atoms with Crippen LogP contribution < -0.4 is 0 Å². The minimum atomic E-state index is -0.186. The van der Waals surface area contributed by atoms with Crippen LogP contribution in [-0.4, -0.2) is 47.3 Å². The van der Waals surface area contributed by atoms with Crippen molar-refractivity contribution in [3.8, 4) is 0 Å². The van der Waals surface area contributed by atoms with Gasteiger partial charge in [-0.2, -0.15) is 0 Å². The number of aliphatic hydroxyl groups excluding tert-OH is 1. The van der Waals surface area contributed by atoms with Crippen molar-refractivity contribution < 1.29 is 14.6 Å².